The predicted molar refractivity (Wildman–Crippen MR) is 99.0 cm³/mol. The van der Waals surface area contributed by atoms with Crippen LogP contribution in [0.5, 0.6) is 5.75 Å². The van der Waals surface area contributed by atoms with Crippen LogP contribution < -0.4 is 5.32 Å². The normalized spacial score (nSPS) is 11.2. The molecule has 0 unspecified atom stereocenters. The maximum atomic E-state index is 12.5. The Labute approximate surface area is 166 Å². The first-order valence-corrected chi connectivity index (χ1v) is 8.56. The van der Waals surface area contributed by atoms with Crippen LogP contribution in [0.25, 0.3) is 16.6 Å². The van der Waals surface area contributed by atoms with Gasteiger partial charge in [0.05, 0.1) is 22.8 Å². The second-order valence-electron chi connectivity index (χ2n) is 5.73. The number of nitrogens with one attached hydrogen (secondary N) is 1. The predicted octanol–water partition coefficient (Wildman–Crippen LogP) is 3.12. The zero-order valence-corrected chi connectivity index (χ0v) is 15.3. The molecule has 3 heterocycles. The van der Waals surface area contributed by atoms with Gasteiger partial charge in [0.25, 0.3) is 5.91 Å². The molecule has 4 aromatic rings. The minimum atomic E-state index is -1.43. The average molecular weight is 421 g/mol. The number of halogens is 2. The Bertz CT molecular complexity index is 1260. The van der Waals surface area contributed by atoms with Gasteiger partial charge in [0.2, 0.25) is 0 Å². The quantitative estimate of drug-likeness (QED) is 0.462. The highest BCUT2D eigenvalue weighted by molar-refractivity contribution is 6.38. The van der Waals surface area contributed by atoms with Gasteiger partial charge in [-0.15, -0.1) is 0 Å². The minimum absolute atomic E-state index is 0.0812. The largest absolute Gasteiger partial charge is 0.505 e. The first kappa shape index (κ1) is 18.1. The zero-order chi connectivity index (χ0) is 20.0. The number of aromatic hydroxyl groups is 1. The molecule has 9 nitrogen and oxygen atoms in total. The second kappa shape index (κ2) is 6.70. The molecule has 1 aromatic carbocycles. The van der Waals surface area contributed by atoms with Crippen LogP contribution in [0.3, 0.4) is 0 Å². The summed E-state index contributed by atoms with van der Waals surface area (Å²) >= 11 is 12.1. The Kier molecular flexibility index (Phi) is 4.33. The van der Waals surface area contributed by atoms with E-state index in [0.717, 1.165) is 0 Å². The monoisotopic (exact) mass is 420 g/mol. The van der Waals surface area contributed by atoms with Crippen molar-refractivity contribution < 1.29 is 24.2 Å². The molecule has 1 amide bonds. The molecule has 0 bridgehead atoms. The third-order valence-electron chi connectivity index (χ3n) is 4.06. The standard InChI is InChI=1S/C17H10Cl2N4O5/c18-9-4-7-12(19)10(28-14(7)11(13(9)24)17(26)27)6-21-16(25)8-5-22-23-3-1-2-20-15(8)23/h1-5,24H,6H2,(H,21,25)(H,26,27). The molecule has 0 aliphatic heterocycles. The maximum absolute atomic E-state index is 12.5. The third kappa shape index (κ3) is 2.81. The van der Waals surface area contributed by atoms with Crippen LogP contribution in [-0.4, -0.2) is 36.7 Å². The van der Waals surface area contributed by atoms with E-state index in [4.69, 9.17) is 27.6 Å². The fourth-order valence-electron chi connectivity index (χ4n) is 2.76. The van der Waals surface area contributed by atoms with Gasteiger partial charge in [0.1, 0.15) is 16.9 Å². The number of rotatable bonds is 4. The van der Waals surface area contributed by atoms with Crippen LogP contribution in [0.15, 0.2) is 35.1 Å². The van der Waals surface area contributed by atoms with Crippen molar-refractivity contribution >= 4 is 51.7 Å². The van der Waals surface area contributed by atoms with Crippen LogP contribution in [0.2, 0.25) is 10.0 Å². The molecule has 3 N–H and O–H groups in total. The van der Waals surface area contributed by atoms with Gasteiger partial charge in [-0.3, -0.25) is 4.79 Å². The molecule has 4 rings (SSSR count). The van der Waals surface area contributed by atoms with Crippen molar-refractivity contribution in [1.82, 2.24) is 19.9 Å². The molecule has 0 saturated carbocycles. The molecule has 0 saturated heterocycles. The molecule has 11 heteroatoms. The highest BCUT2D eigenvalue weighted by Gasteiger charge is 2.25. The number of aromatic nitrogens is 3. The molecule has 0 aliphatic carbocycles. The summed E-state index contributed by atoms with van der Waals surface area (Å²) in [6.07, 6.45) is 4.56. The number of hydrogen-bond donors (Lipinski definition) is 3. The number of phenols is 1. The zero-order valence-electron chi connectivity index (χ0n) is 13.8. The lowest BCUT2D eigenvalue weighted by Crippen LogP contribution is -2.22. The van der Waals surface area contributed by atoms with Gasteiger partial charge in [-0.05, 0) is 12.1 Å². The second-order valence-corrected chi connectivity index (χ2v) is 6.52. The van der Waals surface area contributed by atoms with E-state index in [1.807, 2.05) is 0 Å². The molecular weight excluding hydrogens is 411 g/mol. The maximum Gasteiger partial charge on any atom is 0.343 e. The lowest BCUT2D eigenvalue weighted by molar-refractivity contribution is 0.0694. The summed E-state index contributed by atoms with van der Waals surface area (Å²) in [5.41, 5.74) is -0.0181. The molecular formula is C17H10Cl2N4O5. The molecule has 3 aromatic heterocycles. The van der Waals surface area contributed by atoms with E-state index >= 15 is 0 Å². The van der Waals surface area contributed by atoms with Gasteiger partial charge in [-0.1, -0.05) is 23.2 Å². The van der Waals surface area contributed by atoms with Crippen LogP contribution >= 0.6 is 23.2 Å². The summed E-state index contributed by atoms with van der Waals surface area (Å²) in [5, 5.41) is 26.0. The first-order chi connectivity index (χ1) is 13.4. The number of benzene rings is 1. The van der Waals surface area contributed by atoms with Crippen molar-refractivity contribution in [3.63, 3.8) is 0 Å². The van der Waals surface area contributed by atoms with Gasteiger partial charge in [-0.2, -0.15) is 5.10 Å². The lowest BCUT2D eigenvalue weighted by atomic mass is 10.1. The van der Waals surface area contributed by atoms with Crippen LogP contribution in [0.1, 0.15) is 26.5 Å². The average Bonchev–Trinajstić information content (AvgIpc) is 3.22. The van der Waals surface area contributed by atoms with Gasteiger partial charge < -0.3 is 19.9 Å². The summed E-state index contributed by atoms with van der Waals surface area (Å²) in [6, 6.07) is 2.97. The van der Waals surface area contributed by atoms with E-state index in [2.05, 4.69) is 15.4 Å². The highest BCUT2D eigenvalue weighted by atomic mass is 35.5. The van der Waals surface area contributed by atoms with E-state index in [1.165, 1.54) is 23.0 Å². The molecule has 28 heavy (non-hydrogen) atoms. The number of nitrogens with zero attached hydrogens (tertiary/aromatic N) is 3. The molecule has 0 aliphatic rings. The van der Waals surface area contributed by atoms with E-state index in [9.17, 15) is 19.8 Å². The topological polar surface area (TPSA) is 130 Å². The van der Waals surface area contributed by atoms with Gasteiger partial charge in [-0.25, -0.2) is 14.3 Å². The number of hydrogen-bond acceptors (Lipinski definition) is 6. The summed E-state index contributed by atoms with van der Waals surface area (Å²) in [6.45, 7) is -0.131. The van der Waals surface area contributed by atoms with E-state index in [1.54, 1.807) is 12.3 Å². The number of carboxylic acids is 1. The van der Waals surface area contributed by atoms with Crippen LogP contribution in [0.4, 0.5) is 0 Å². The third-order valence-corrected chi connectivity index (χ3v) is 4.76. The first-order valence-electron chi connectivity index (χ1n) is 7.80. The molecule has 0 atom stereocenters. The Morgan fingerprint density at radius 2 is 2.11 bits per heavy atom. The number of aromatic carboxylic acids is 1. The molecule has 0 spiro atoms. The summed E-state index contributed by atoms with van der Waals surface area (Å²) in [4.78, 5) is 28.0. The summed E-state index contributed by atoms with van der Waals surface area (Å²) in [7, 11) is 0. The molecule has 0 fully saturated rings. The van der Waals surface area contributed by atoms with Crippen molar-refractivity contribution in [3.8, 4) is 5.75 Å². The van der Waals surface area contributed by atoms with Gasteiger partial charge >= 0.3 is 5.97 Å². The lowest BCUT2D eigenvalue weighted by Gasteiger charge is -2.02. The SMILES string of the molecule is O=C(O)c1c(O)c(Cl)cc2c(Cl)c(CNC(=O)c3cnn4cccnc34)oc12. The number of carboxylic acid groups (broad SMARTS) is 1. The smallest absolute Gasteiger partial charge is 0.343 e. The highest BCUT2D eigenvalue weighted by Crippen LogP contribution is 2.40. The molecule has 142 valence electrons. The van der Waals surface area contributed by atoms with Crippen molar-refractivity contribution in [2.45, 2.75) is 6.54 Å². The van der Waals surface area contributed by atoms with E-state index in [-0.39, 0.29) is 38.9 Å². The van der Waals surface area contributed by atoms with Gasteiger partial charge in [0, 0.05) is 17.8 Å². The van der Waals surface area contributed by atoms with Crippen LogP contribution in [-0.2, 0) is 6.54 Å². The number of carbonyl (C=O) groups excluding carboxylic acids is 1. The van der Waals surface area contributed by atoms with E-state index in [0.29, 0.717) is 5.65 Å². The Balaban J connectivity index is 1.67. The fourth-order valence-corrected chi connectivity index (χ4v) is 3.21. The van der Waals surface area contributed by atoms with Crippen LogP contribution in [0, 0.1) is 0 Å². The van der Waals surface area contributed by atoms with E-state index < -0.39 is 23.2 Å². The number of furan rings is 1. The fraction of sp³-hybridized carbons (Fsp3) is 0.0588. The molecule has 0 radical (unpaired) electrons. The Morgan fingerprint density at radius 3 is 2.86 bits per heavy atom. The Hall–Kier alpha value is -3.30. The summed E-state index contributed by atoms with van der Waals surface area (Å²) in [5.74, 6) is -2.41. The number of amides is 1. The van der Waals surface area contributed by atoms with Gasteiger partial charge in [0.15, 0.2) is 17.0 Å². The van der Waals surface area contributed by atoms with Crippen molar-refractivity contribution in [3.05, 3.63) is 57.7 Å². The summed E-state index contributed by atoms with van der Waals surface area (Å²) < 4.78 is 6.95. The Morgan fingerprint density at radius 1 is 1.32 bits per heavy atom. The van der Waals surface area contributed by atoms with Crippen molar-refractivity contribution in [2.24, 2.45) is 0 Å². The number of fused-ring (bicyclic) bond motifs is 2. The minimum Gasteiger partial charge on any atom is -0.505 e. The van der Waals surface area contributed by atoms with Crippen molar-refractivity contribution in [1.29, 1.82) is 0 Å². The van der Waals surface area contributed by atoms with Crippen molar-refractivity contribution in [2.75, 3.05) is 0 Å². The number of carbonyl (C=O) groups is 2.